The van der Waals surface area contributed by atoms with Crippen molar-refractivity contribution in [2.45, 2.75) is 0 Å². The highest BCUT2D eigenvalue weighted by Crippen LogP contribution is 2.40. The van der Waals surface area contributed by atoms with Crippen LogP contribution in [0.15, 0.2) is 237 Å². The van der Waals surface area contributed by atoms with E-state index < -0.39 is 8.07 Å². The van der Waals surface area contributed by atoms with E-state index >= 15 is 0 Å². The summed E-state index contributed by atoms with van der Waals surface area (Å²) >= 11 is 0. The van der Waals surface area contributed by atoms with Gasteiger partial charge < -0.3 is 13.7 Å². The number of hydrogen-bond donors (Lipinski definition) is 0. The Hall–Kier alpha value is -8.18. The topological polar surface area (TPSA) is 14.8 Å². The molecule has 0 saturated carbocycles. The Morgan fingerprint density at radius 3 is 1.44 bits per heavy atom. The van der Waals surface area contributed by atoms with Gasteiger partial charge in [0.1, 0.15) is 0 Å². The van der Waals surface area contributed by atoms with Gasteiger partial charge in [0.25, 0.3) is 0 Å². The number of rotatable bonds is 5. The molecule has 0 bridgehead atoms. The highest BCUT2D eigenvalue weighted by molar-refractivity contribution is 7.21. The van der Waals surface area contributed by atoms with Crippen LogP contribution in [0.3, 0.4) is 0 Å². The summed E-state index contributed by atoms with van der Waals surface area (Å²) in [5, 5.41) is 13.1. The van der Waals surface area contributed by atoms with Crippen LogP contribution in [0.5, 0.6) is 0 Å². The highest BCUT2D eigenvalue weighted by Gasteiger charge is 2.48. The molecule has 298 valence electrons. The molecule has 1 unspecified atom stereocenters. The smallest absolute Gasteiger partial charge is 0.184 e. The zero-order chi connectivity index (χ0) is 41.9. The number of fused-ring (bicyclic) bond motifs is 11. The molecule has 0 saturated heterocycles. The average molecular weight is 830 g/mol. The van der Waals surface area contributed by atoms with Crippen molar-refractivity contribution in [3.05, 3.63) is 237 Å². The normalized spacial score (nSPS) is 14.6. The van der Waals surface area contributed by atoms with Crippen molar-refractivity contribution in [2.24, 2.45) is 0 Å². The van der Waals surface area contributed by atoms with Gasteiger partial charge in [-0.3, -0.25) is 0 Å². The van der Waals surface area contributed by atoms with Crippen LogP contribution in [0.2, 0.25) is 0 Å². The van der Waals surface area contributed by atoms with Crippen molar-refractivity contribution >= 4 is 94.2 Å². The second kappa shape index (κ2) is 13.4. The van der Waals surface area contributed by atoms with Gasteiger partial charge in [-0.15, -0.1) is 0 Å². The lowest BCUT2D eigenvalue weighted by atomic mass is 10.1. The van der Waals surface area contributed by atoms with Crippen LogP contribution in [-0.4, -0.2) is 21.8 Å². The van der Waals surface area contributed by atoms with E-state index in [2.05, 4.69) is 250 Å². The van der Waals surface area contributed by atoms with Gasteiger partial charge in [0.2, 0.25) is 0 Å². The Bertz CT molecular complexity index is 3970. The summed E-state index contributed by atoms with van der Waals surface area (Å²) in [6, 6.07) is 88.7. The Balaban J connectivity index is 1.11. The molecule has 10 aromatic carbocycles. The van der Waals surface area contributed by atoms with E-state index in [0.29, 0.717) is 0 Å². The third-order valence-electron chi connectivity index (χ3n) is 14.1. The summed E-state index contributed by atoms with van der Waals surface area (Å²) in [5.41, 5.74) is 13.4. The minimum absolute atomic E-state index is 1.16. The molecular formula is C60H39N3Si. The minimum atomic E-state index is -3.05. The fraction of sp³-hybridized carbons (Fsp3) is 0. The monoisotopic (exact) mass is 829 g/mol. The van der Waals surface area contributed by atoms with Crippen molar-refractivity contribution in [1.82, 2.24) is 13.7 Å². The van der Waals surface area contributed by atoms with E-state index in [4.69, 9.17) is 0 Å². The summed E-state index contributed by atoms with van der Waals surface area (Å²) in [6.07, 6.45) is 0. The van der Waals surface area contributed by atoms with Crippen LogP contribution in [0.4, 0.5) is 0 Å². The van der Waals surface area contributed by atoms with Crippen LogP contribution < -0.4 is 20.7 Å². The number of hydrogen-bond acceptors (Lipinski definition) is 0. The van der Waals surface area contributed by atoms with Gasteiger partial charge in [-0.1, -0.05) is 176 Å². The maximum absolute atomic E-state index is 3.05. The fourth-order valence-electron chi connectivity index (χ4n) is 11.5. The van der Waals surface area contributed by atoms with Gasteiger partial charge in [0, 0.05) is 49.4 Å². The first-order valence-corrected chi connectivity index (χ1v) is 24.2. The number of nitrogens with zero attached hydrogens (tertiary/aromatic N) is 3. The van der Waals surface area contributed by atoms with Gasteiger partial charge in [-0.25, -0.2) is 0 Å². The predicted octanol–water partition coefficient (Wildman–Crippen LogP) is 12.3. The second-order valence-corrected chi connectivity index (χ2v) is 21.0. The van der Waals surface area contributed by atoms with Crippen LogP contribution >= 0.6 is 0 Å². The Morgan fingerprint density at radius 1 is 0.266 bits per heavy atom. The molecule has 64 heavy (non-hydrogen) atoms. The quantitative estimate of drug-likeness (QED) is 0.154. The van der Waals surface area contributed by atoms with Crippen molar-refractivity contribution in [1.29, 1.82) is 0 Å². The third-order valence-corrected chi connectivity index (χ3v) is 18.9. The Kier molecular flexibility index (Phi) is 7.42. The minimum Gasteiger partial charge on any atom is -0.309 e. The lowest BCUT2D eigenvalue weighted by molar-refractivity contribution is 1.16. The first kappa shape index (κ1) is 35.4. The standard InChI is InChI=1S/C60H39N3Si/c1-3-18-40(19-4-1)41-20-17-23-45(36-41)64(44-21-5-2-6-22-44)58-33-16-15-32-57(58)63-55-31-14-10-27-49(55)51-38-43(39-59(64)60(51)63)62-54-30-13-9-26-48(54)50-37-42(34-35-56(50)62)61-52-28-11-7-24-46(52)47-25-8-12-29-53(47)61/h1-39H. The summed E-state index contributed by atoms with van der Waals surface area (Å²) in [6.45, 7) is 0. The summed E-state index contributed by atoms with van der Waals surface area (Å²) < 4.78 is 7.54. The SMILES string of the molecule is c1ccc(-c2cccc([Si]3(c4ccccc4)c4ccccc4-n4c5ccccc5c5cc(-n6c7ccccc7c7cc(-n8c9ccccc9c9ccccc98)ccc76)cc3c54)c2)cc1. The number of aromatic nitrogens is 3. The first-order valence-electron chi connectivity index (χ1n) is 22.2. The highest BCUT2D eigenvalue weighted by atomic mass is 28.3. The molecule has 0 amide bonds. The van der Waals surface area contributed by atoms with Crippen LogP contribution in [-0.2, 0) is 0 Å². The van der Waals surface area contributed by atoms with Gasteiger partial charge in [-0.05, 0) is 92.5 Å². The van der Waals surface area contributed by atoms with E-state index in [1.807, 2.05) is 0 Å². The summed E-state index contributed by atoms with van der Waals surface area (Å²) in [7, 11) is -3.05. The van der Waals surface area contributed by atoms with Gasteiger partial charge in [0.05, 0.1) is 33.1 Å². The van der Waals surface area contributed by atoms with Gasteiger partial charge >= 0.3 is 0 Å². The van der Waals surface area contributed by atoms with E-state index in [0.717, 1.165) is 5.69 Å². The van der Waals surface area contributed by atoms with E-state index in [1.165, 1.54) is 109 Å². The zero-order valence-corrected chi connectivity index (χ0v) is 35.9. The molecule has 3 nitrogen and oxygen atoms in total. The lowest BCUT2D eigenvalue weighted by Gasteiger charge is -2.40. The molecule has 0 aliphatic carbocycles. The van der Waals surface area contributed by atoms with Gasteiger partial charge in [-0.2, -0.15) is 0 Å². The average Bonchev–Trinajstić information content (AvgIpc) is 4.01. The molecule has 4 heteroatoms. The van der Waals surface area contributed by atoms with Gasteiger partial charge in [0.15, 0.2) is 8.07 Å². The molecule has 0 radical (unpaired) electrons. The molecule has 13 aromatic rings. The second-order valence-electron chi connectivity index (χ2n) is 17.2. The van der Waals surface area contributed by atoms with Crippen molar-refractivity contribution < 1.29 is 0 Å². The number of benzene rings is 10. The van der Waals surface area contributed by atoms with Crippen molar-refractivity contribution in [3.63, 3.8) is 0 Å². The summed E-state index contributed by atoms with van der Waals surface area (Å²) in [4.78, 5) is 0. The molecule has 1 atom stereocenters. The number of para-hydroxylation sites is 5. The molecular weight excluding hydrogens is 791 g/mol. The van der Waals surface area contributed by atoms with Crippen LogP contribution in [0.1, 0.15) is 0 Å². The molecule has 0 spiro atoms. The largest absolute Gasteiger partial charge is 0.309 e. The molecule has 1 aliphatic rings. The fourth-order valence-corrected chi connectivity index (χ4v) is 16.7. The predicted molar refractivity (Wildman–Crippen MR) is 272 cm³/mol. The van der Waals surface area contributed by atoms with E-state index in [1.54, 1.807) is 0 Å². The van der Waals surface area contributed by atoms with E-state index in [-0.39, 0.29) is 0 Å². The molecule has 1 aliphatic heterocycles. The Morgan fingerprint density at radius 2 is 0.750 bits per heavy atom. The van der Waals surface area contributed by atoms with Crippen LogP contribution in [0, 0.1) is 0 Å². The molecule has 14 rings (SSSR count). The molecule has 4 heterocycles. The maximum atomic E-state index is 2.58. The lowest BCUT2D eigenvalue weighted by Crippen LogP contribution is -2.76. The van der Waals surface area contributed by atoms with E-state index in [9.17, 15) is 0 Å². The van der Waals surface area contributed by atoms with Crippen molar-refractivity contribution in [2.75, 3.05) is 0 Å². The third kappa shape index (κ3) is 4.75. The first-order chi connectivity index (χ1) is 31.8. The summed E-state index contributed by atoms with van der Waals surface area (Å²) in [5.74, 6) is 0. The Labute approximate surface area is 370 Å². The van der Waals surface area contributed by atoms with Crippen molar-refractivity contribution in [3.8, 4) is 28.2 Å². The maximum Gasteiger partial charge on any atom is 0.184 e. The zero-order valence-electron chi connectivity index (χ0n) is 34.9. The van der Waals surface area contributed by atoms with Crippen LogP contribution in [0.25, 0.3) is 93.6 Å². The molecule has 0 fully saturated rings. The molecule has 3 aromatic heterocycles. The molecule has 0 N–H and O–H groups in total.